The van der Waals surface area contributed by atoms with Crippen LogP contribution in [0, 0.1) is 10.1 Å². The van der Waals surface area contributed by atoms with Gasteiger partial charge in [-0.3, -0.25) is 14.9 Å². The molecule has 0 spiro atoms. The Balaban J connectivity index is 2.31. The van der Waals surface area contributed by atoms with Gasteiger partial charge in [-0.05, 0) is 18.2 Å². The first-order valence-corrected chi connectivity index (χ1v) is 6.46. The molecule has 1 heterocycles. The van der Waals surface area contributed by atoms with Gasteiger partial charge < -0.3 is 5.32 Å². The lowest BCUT2D eigenvalue weighted by Gasteiger charge is -2.05. The summed E-state index contributed by atoms with van der Waals surface area (Å²) in [5.74, 6) is -0.508. The molecule has 0 bridgehead atoms. The Labute approximate surface area is 133 Å². The van der Waals surface area contributed by atoms with E-state index in [2.05, 4.69) is 15.5 Å². The molecule has 0 radical (unpaired) electrons. The predicted molar refractivity (Wildman–Crippen MR) is 78.1 cm³/mol. The molecule has 21 heavy (non-hydrogen) atoms. The summed E-state index contributed by atoms with van der Waals surface area (Å²) in [5.41, 5.74) is -0.496. The van der Waals surface area contributed by atoms with Crippen molar-refractivity contribution in [2.24, 2.45) is 0 Å². The van der Waals surface area contributed by atoms with Crippen molar-refractivity contribution in [2.45, 2.75) is 0 Å². The monoisotopic (exact) mass is 346 g/mol. The highest BCUT2D eigenvalue weighted by molar-refractivity contribution is 6.43. The molecule has 0 saturated carbocycles. The second kappa shape index (κ2) is 6.21. The second-order valence-electron chi connectivity index (χ2n) is 3.74. The van der Waals surface area contributed by atoms with E-state index in [1.54, 1.807) is 0 Å². The van der Waals surface area contributed by atoms with Gasteiger partial charge in [-0.1, -0.05) is 34.8 Å². The summed E-state index contributed by atoms with van der Waals surface area (Å²) in [5, 5.41) is 20.3. The lowest BCUT2D eigenvalue weighted by Crippen LogP contribution is -2.13. The Morgan fingerprint density at radius 1 is 1.19 bits per heavy atom. The molecule has 0 aliphatic rings. The Kier molecular flexibility index (Phi) is 4.56. The normalized spacial score (nSPS) is 10.2. The molecule has 0 saturated heterocycles. The lowest BCUT2D eigenvalue weighted by molar-refractivity contribution is -0.384. The summed E-state index contributed by atoms with van der Waals surface area (Å²) in [4.78, 5) is 22.1. The quantitative estimate of drug-likeness (QED) is 0.675. The maximum Gasteiger partial charge on any atom is 0.290 e. The van der Waals surface area contributed by atoms with Gasteiger partial charge in [0.1, 0.15) is 5.02 Å². The summed E-state index contributed by atoms with van der Waals surface area (Å²) in [7, 11) is 0. The van der Waals surface area contributed by atoms with E-state index in [9.17, 15) is 14.9 Å². The molecule has 1 aromatic carbocycles. The summed E-state index contributed by atoms with van der Waals surface area (Å²) in [6.07, 6.45) is 0. The van der Waals surface area contributed by atoms with E-state index in [1.165, 1.54) is 18.2 Å². The maximum absolute atomic E-state index is 12.0. The number of carbonyl (C=O) groups is 1. The number of amides is 1. The van der Waals surface area contributed by atoms with Crippen molar-refractivity contribution in [3.8, 4) is 0 Å². The van der Waals surface area contributed by atoms with Crippen molar-refractivity contribution in [3.63, 3.8) is 0 Å². The molecular formula is C11H5Cl3N4O3. The number of rotatable bonds is 3. The smallest absolute Gasteiger partial charge is 0.290 e. The zero-order valence-corrected chi connectivity index (χ0v) is 12.3. The average molecular weight is 348 g/mol. The molecule has 2 aromatic rings. The highest BCUT2D eigenvalue weighted by atomic mass is 35.5. The molecular weight excluding hydrogens is 343 g/mol. The zero-order valence-electron chi connectivity index (χ0n) is 10.0. The predicted octanol–water partition coefficient (Wildman–Crippen LogP) is 3.60. The van der Waals surface area contributed by atoms with Crippen LogP contribution in [0.15, 0.2) is 24.3 Å². The summed E-state index contributed by atoms with van der Waals surface area (Å²) < 4.78 is 0. The number of hydrogen-bond donors (Lipinski definition) is 1. The third kappa shape index (κ3) is 3.57. The van der Waals surface area contributed by atoms with Crippen molar-refractivity contribution in [1.29, 1.82) is 0 Å². The van der Waals surface area contributed by atoms with Crippen molar-refractivity contribution >= 4 is 52.2 Å². The summed E-state index contributed by atoms with van der Waals surface area (Å²) >= 11 is 17.0. The first kappa shape index (κ1) is 15.4. The number of halogens is 3. The van der Waals surface area contributed by atoms with Crippen molar-refractivity contribution in [1.82, 2.24) is 10.2 Å². The molecule has 0 fully saturated rings. The number of aromatic nitrogens is 2. The Morgan fingerprint density at radius 2 is 1.90 bits per heavy atom. The third-order valence-corrected chi connectivity index (χ3v) is 3.34. The van der Waals surface area contributed by atoms with Crippen LogP contribution in [0.4, 0.5) is 11.5 Å². The molecule has 108 valence electrons. The van der Waals surface area contributed by atoms with Gasteiger partial charge in [0, 0.05) is 11.6 Å². The van der Waals surface area contributed by atoms with Gasteiger partial charge in [-0.2, -0.15) is 0 Å². The van der Waals surface area contributed by atoms with Gasteiger partial charge >= 0.3 is 0 Å². The minimum atomic E-state index is -0.729. The van der Waals surface area contributed by atoms with E-state index in [-0.39, 0.29) is 26.6 Å². The van der Waals surface area contributed by atoms with Gasteiger partial charge in [0.2, 0.25) is 0 Å². The fraction of sp³-hybridized carbons (Fsp3) is 0. The van der Waals surface area contributed by atoms with E-state index in [0.29, 0.717) is 0 Å². The lowest BCUT2D eigenvalue weighted by atomic mass is 10.2. The molecule has 0 unspecified atom stereocenters. The standard InChI is InChI=1S/C11H5Cl3N4O3/c12-6-3-5(4-7(10(6)14)18(20)21)11(19)15-9-2-1-8(13)16-17-9/h1-4H,(H,15,17,19). The van der Waals surface area contributed by atoms with Gasteiger partial charge in [0.15, 0.2) is 11.0 Å². The van der Waals surface area contributed by atoms with E-state index in [4.69, 9.17) is 34.8 Å². The molecule has 1 aromatic heterocycles. The van der Waals surface area contributed by atoms with Crippen LogP contribution >= 0.6 is 34.8 Å². The van der Waals surface area contributed by atoms with Crippen LogP contribution in [0.2, 0.25) is 15.2 Å². The number of hydrogen-bond acceptors (Lipinski definition) is 5. The molecule has 2 rings (SSSR count). The van der Waals surface area contributed by atoms with Crippen LogP contribution in [0.3, 0.4) is 0 Å². The second-order valence-corrected chi connectivity index (χ2v) is 4.92. The molecule has 0 aliphatic carbocycles. The van der Waals surface area contributed by atoms with Gasteiger partial charge in [-0.15, -0.1) is 10.2 Å². The number of nitrogens with one attached hydrogen (secondary N) is 1. The zero-order chi connectivity index (χ0) is 15.6. The van der Waals surface area contributed by atoms with Gasteiger partial charge in [0.25, 0.3) is 11.6 Å². The van der Waals surface area contributed by atoms with Crippen LogP contribution in [0.5, 0.6) is 0 Å². The Morgan fingerprint density at radius 3 is 2.48 bits per heavy atom. The van der Waals surface area contributed by atoms with Crippen LogP contribution in [0.25, 0.3) is 0 Å². The Hall–Kier alpha value is -1.96. The van der Waals surface area contributed by atoms with Crippen molar-refractivity contribution in [3.05, 3.63) is 55.1 Å². The molecule has 0 aliphatic heterocycles. The van der Waals surface area contributed by atoms with E-state index < -0.39 is 16.5 Å². The van der Waals surface area contributed by atoms with Crippen molar-refractivity contribution < 1.29 is 9.72 Å². The largest absolute Gasteiger partial charge is 0.305 e. The number of nitro groups is 1. The fourth-order valence-electron chi connectivity index (χ4n) is 1.41. The average Bonchev–Trinajstić information content (AvgIpc) is 2.43. The minimum Gasteiger partial charge on any atom is -0.305 e. The topological polar surface area (TPSA) is 98.0 Å². The fourth-order valence-corrected chi connectivity index (χ4v) is 1.90. The third-order valence-electron chi connectivity index (χ3n) is 2.34. The molecule has 0 atom stereocenters. The van der Waals surface area contributed by atoms with E-state index in [0.717, 1.165) is 6.07 Å². The highest BCUT2D eigenvalue weighted by Crippen LogP contribution is 2.33. The SMILES string of the molecule is O=C(Nc1ccc(Cl)nn1)c1cc(Cl)c(Cl)c([N+](=O)[O-])c1. The summed E-state index contributed by atoms with van der Waals surface area (Å²) in [6.45, 7) is 0. The number of nitro benzene ring substituents is 1. The van der Waals surface area contributed by atoms with E-state index in [1.807, 2.05) is 0 Å². The first-order chi connectivity index (χ1) is 9.88. The molecule has 10 heteroatoms. The maximum atomic E-state index is 12.0. The van der Waals surface area contributed by atoms with Gasteiger partial charge in [0.05, 0.1) is 9.95 Å². The van der Waals surface area contributed by atoms with Crippen LogP contribution in [0.1, 0.15) is 10.4 Å². The number of benzene rings is 1. The molecule has 1 amide bonds. The minimum absolute atomic E-state index is 0.0344. The first-order valence-electron chi connectivity index (χ1n) is 5.32. The number of carbonyl (C=O) groups excluding carboxylic acids is 1. The molecule has 1 N–H and O–H groups in total. The summed E-state index contributed by atoms with van der Waals surface area (Å²) in [6, 6.07) is 5.10. The van der Waals surface area contributed by atoms with Crippen LogP contribution in [-0.2, 0) is 0 Å². The highest BCUT2D eigenvalue weighted by Gasteiger charge is 2.20. The van der Waals surface area contributed by atoms with Crippen LogP contribution in [-0.4, -0.2) is 21.0 Å². The van der Waals surface area contributed by atoms with Gasteiger partial charge in [-0.25, -0.2) is 0 Å². The van der Waals surface area contributed by atoms with Crippen LogP contribution < -0.4 is 5.32 Å². The molecule has 7 nitrogen and oxygen atoms in total. The number of anilines is 1. The number of nitrogens with zero attached hydrogens (tertiary/aromatic N) is 3. The Bertz CT molecular complexity index is 721. The van der Waals surface area contributed by atoms with E-state index >= 15 is 0 Å². The van der Waals surface area contributed by atoms with Crippen molar-refractivity contribution in [2.75, 3.05) is 5.32 Å².